The Labute approximate surface area is 170 Å². The summed E-state index contributed by atoms with van der Waals surface area (Å²) in [5, 5.41) is 2.95. The third kappa shape index (κ3) is 3.05. The summed E-state index contributed by atoms with van der Waals surface area (Å²) in [6.07, 6.45) is 10.6. The predicted octanol–water partition coefficient (Wildman–Crippen LogP) is 3.22. The van der Waals surface area contributed by atoms with Crippen molar-refractivity contribution < 1.29 is 14.4 Å². The van der Waals surface area contributed by atoms with Gasteiger partial charge in [0, 0.05) is 11.7 Å². The molecule has 29 heavy (non-hydrogen) atoms. The molecular formula is C23H27N3O3. The molecule has 5 rings (SSSR count). The molecule has 0 radical (unpaired) electrons. The van der Waals surface area contributed by atoms with Gasteiger partial charge in [0.15, 0.2) is 0 Å². The first-order valence-corrected chi connectivity index (χ1v) is 10.8. The molecule has 152 valence electrons. The number of rotatable bonds is 4. The predicted molar refractivity (Wildman–Crippen MR) is 108 cm³/mol. The summed E-state index contributed by atoms with van der Waals surface area (Å²) in [7, 11) is 0. The molecule has 3 aliphatic carbocycles. The molecule has 1 aromatic rings. The molecule has 1 aliphatic heterocycles. The van der Waals surface area contributed by atoms with Crippen LogP contribution >= 0.6 is 0 Å². The molecule has 0 bridgehead atoms. The van der Waals surface area contributed by atoms with Crippen molar-refractivity contribution in [1.29, 1.82) is 0 Å². The zero-order valence-corrected chi connectivity index (χ0v) is 16.7. The van der Waals surface area contributed by atoms with E-state index in [4.69, 9.17) is 0 Å². The van der Waals surface area contributed by atoms with Crippen molar-refractivity contribution in [3.8, 4) is 0 Å². The normalized spacial score (nSPS) is 26.2. The van der Waals surface area contributed by atoms with Gasteiger partial charge in [-0.05, 0) is 68.9 Å². The highest BCUT2D eigenvalue weighted by molar-refractivity contribution is 6.09. The number of carbonyl (C=O) groups is 3. The molecule has 1 N–H and O–H groups in total. The van der Waals surface area contributed by atoms with E-state index < -0.39 is 11.6 Å². The monoisotopic (exact) mass is 393 g/mol. The second kappa shape index (κ2) is 7.01. The van der Waals surface area contributed by atoms with Crippen molar-refractivity contribution in [2.24, 2.45) is 0 Å². The highest BCUT2D eigenvalue weighted by Crippen LogP contribution is 2.40. The summed E-state index contributed by atoms with van der Waals surface area (Å²) >= 11 is 0. The molecule has 1 spiro atoms. The van der Waals surface area contributed by atoms with Crippen molar-refractivity contribution in [3.63, 3.8) is 0 Å². The first kappa shape index (κ1) is 18.4. The number of aryl methyl sites for hydroxylation is 1. The number of hydrogen-bond acceptors (Lipinski definition) is 3. The maximum Gasteiger partial charge on any atom is 0.325 e. The van der Waals surface area contributed by atoms with Crippen LogP contribution in [0.4, 0.5) is 4.79 Å². The van der Waals surface area contributed by atoms with E-state index >= 15 is 0 Å². The van der Waals surface area contributed by atoms with Gasteiger partial charge in [-0.3, -0.25) is 14.5 Å². The molecule has 4 aliphatic rings. The van der Waals surface area contributed by atoms with Gasteiger partial charge in [0.25, 0.3) is 5.91 Å². The maximum absolute atomic E-state index is 13.4. The summed E-state index contributed by atoms with van der Waals surface area (Å²) in [4.78, 5) is 42.4. The molecule has 0 unspecified atom stereocenters. The number of amides is 4. The van der Waals surface area contributed by atoms with Gasteiger partial charge in [0.05, 0.1) is 0 Å². The molecule has 4 amide bonds. The first-order valence-electron chi connectivity index (χ1n) is 10.8. The van der Waals surface area contributed by atoms with E-state index in [-0.39, 0.29) is 24.4 Å². The van der Waals surface area contributed by atoms with E-state index in [2.05, 4.69) is 11.4 Å². The summed E-state index contributed by atoms with van der Waals surface area (Å²) < 4.78 is 0. The molecule has 1 saturated carbocycles. The Bertz CT molecular complexity index is 904. The van der Waals surface area contributed by atoms with Crippen LogP contribution in [0.25, 0.3) is 0 Å². The van der Waals surface area contributed by atoms with Crippen molar-refractivity contribution in [3.05, 3.63) is 47.2 Å². The van der Waals surface area contributed by atoms with E-state index in [1.165, 1.54) is 0 Å². The number of hydrogen-bond donors (Lipinski definition) is 1. The lowest BCUT2D eigenvalue weighted by atomic mass is 9.76. The number of carbonyl (C=O) groups excluding carboxylic acids is 3. The van der Waals surface area contributed by atoms with Crippen molar-refractivity contribution in [2.45, 2.75) is 69.4 Å². The van der Waals surface area contributed by atoms with Crippen molar-refractivity contribution in [1.82, 2.24) is 15.1 Å². The number of nitrogens with zero attached hydrogens (tertiary/aromatic N) is 2. The number of benzene rings is 1. The van der Waals surface area contributed by atoms with Crippen LogP contribution in [0, 0.1) is 0 Å². The molecule has 1 aromatic carbocycles. The Balaban J connectivity index is 1.40. The van der Waals surface area contributed by atoms with Crippen LogP contribution in [0.3, 0.4) is 0 Å². The summed E-state index contributed by atoms with van der Waals surface area (Å²) in [6, 6.07) is 7.61. The van der Waals surface area contributed by atoms with Gasteiger partial charge in [-0.2, -0.15) is 0 Å². The second-order valence-corrected chi connectivity index (χ2v) is 8.67. The van der Waals surface area contributed by atoms with Crippen LogP contribution in [-0.2, 0) is 21.5 Å². The molecular weight excluding hydrogens is 366 g/mol. The lowest BCUT2D eigenvalue weighted by Gasteiger charge is -2.33. The Morgan fingerprint density at radius 3 is 2.72 bits per heavy atom. The summed E-state index contributed by atoms with van der Waals surface area (Å²) in [5.74, 6) is -0.415. The molecule has 1 saturated heterocycles. The molecule has 0 aromatic heterocycles. The van der Waals surface area contributed by atoms with Gasteiger partial charge in [-0.1, -0.05) is 30.3 Å². The van der Waals surface area contributed by atoms with Gasteiger partial charge < -0.3 is 10.2 Å². The summed E-state index contributed by atoms with van der Waals surface area (Å²) in [6.45, 7) is -0.178. The lowest BCUT2D eigenvalue weighted by Crippen LogP contribution is -2.47. The maximum atomic E-state index is 13.4. The third-order valence-corrected chi connectivity index (χ3v) is 6.70. The standard InChI is InChI=1S/C23H27N3O3/c27-20(26(18-12-13-18)17-9-2-1-3-10-17)15-25-21(28)23(24-22(25)29)14-6-8-16-7-4-5-11-19(16)23/h4-5,7,9,11,18H,1-3,6,8,10,12-15H2,(H,24,29)/t23-/m1/s1. The van der Waals surface area contributed by atoms with E-state index in [0.29, 0.717) is 6.42 Å². The zero-order chi connectivity index (χ0) is 20.0. The van der Waals surface area contributed by atoms with Gasteiger partial charge in [0.2, 0.25) is 5.91 Å². The topological polar surface area (TPSA) is 69.7 Å². The molecule has 6 nitrogen and oxygen atoms in total. The fourth-order valence-corrected chi connectivity index (χ4v) is 5.14. The van der Waals surface area contributed by atoms with Crippen LogP contribution in [0.15, 0.2) is 36.0 Å². The molecule has 2 fully saturated rings. The number of nitrogens with one attached hydrogen (secondary N) is 1. The summed E-state index contributed by atoms with van der Waals surface area (Å²) in [5.41, 5.74) is 2.05. The fourth-order valence-electron chi connectivity index (χ4n) is 5.14. The average Bonchev–Trinajstić information content (AvgIpc) is 3.54. The number of imide groups is 1. The van der Waals surface area contributed by atoms with E-state index in [1.54, 1.807) is 0 Å². The number of urea groups is 1. The number of allylic oxidation sites excluding steroid dienone is 2. The first-order chi connectivity index (χ1) is 14.1. The second-order valence-electron chi connectivity index (χ2n) is 8.67. The number of fused-ring (bicyclic) bond motifs is 2. The third-order valence-electron chi connectivity index (χ3n) is 6.70. The van der Waals surface area contributed by atoms with Crippen LogP contribution in [0.1, 0.15) is 62.5 Å². The van der Waals surface area contributed by atoms with Crippen LogP contribution in [0.2, 0.25) is 0 Å². The van der Waals surface area contributed by atoms with Gasteiger partial charge in [0.1, 0.15) is 12.1 Å². The van der Waals surface area contributed by atoms with Crippen LogP contribution < -0.4 is 5.32 Å². The average molecular weight is 393 g/mol. The highest BCUT2D eigenvalue weighted by atomic mass is 16.2. The van der Waals surface area contributed by atoms with Crippen molar-refractivity contribution in [2.75, 3.05) is 6.54 Å². The highest BCUT2D eigenvalue weighted by Gasteiger charge is 2.54. The molecule has 6 heteroatoms. The minimum absolute atomic E-state index is 0.134. The van der Waals surface area contributed by atoms with Crippen LogP contribution in [-0.4, -0.2) is 40.2 Å². The smallest absolute Gasteiger partial charge is 0.319 e. The van der Waals surface area contributed by atoms with Crippen LogP contribution in [0.5, 0.6) is 0 Å². The Morgan fingerprint density at radius 1 is 1.14 bits per heavy atom. The Morgan fingerprint density at radius 2 is 1.97 bits per heavy atom. The minimum atomic E-state index is -1.01. The van der Waals surface area contributed by atoms with E-state index in [9.17, 15) is 14.4 Å². The van der Waals surface area contributed by atoms with Gasteiger partial charge in [-0.15, -0.1) is 0 Å². The molecule has 1 atom stereocenters. The van der Waals surface area contributed by atoms with Gasteiger partial charge >= 0.3 is 6.03 Å². The lowest BCUT2D eigenvalue weighted by molar-refractivity contribution is -0.138. The zero-order valence-electron chi connectivity index (χ0n) is 16.7. The molecule has 1 heterocycles. The SMILES string of the molecule is O=C1N[C@@]2(CCCc3ccccc32)C(=O)N1CC(=O)N(C1=CCCCC1)C1CC1. The largest absolute Gasteiger partial charge is 0.325 e. The van der Waals surface area contributed by atoms with E-state index in [1.807, 2.05) is 29.2 Å². The van der Waals surface area contributed by atoms with E-state index in [0.717, 1.165) is 73.1 Å². The minimum Gasteiger partial charge on any atom is -0.319 e. The Hall–Kier alpha value is -2.63. The fraction of sp³-hybridized carbons (Fsp3) is 0.522. The van der Waals surface area contributed by atoms with Crippen molar-refractivity contribution >= 4 is 17.8 Å². The quantitative estimate of drug-likeness (QED) is 0.799. The van der Waals surface area contributed by atoms with Gasteiger partial charge in [-0.25, -0.2) is 4.79 Å². The Kier molecular flexibility index (Phi) is 4.45.